The van der Waals surface area contributed by atoms with E-state index in [1.807, 2.05) is 18.2 Å². The van der Waals surface area contributed by atoms with Crippen LogP contribution in [0.3, 0.4) is 0 Å². The normalized spacial score (nSPS) is 12.9. The standard InChI is InChI=1S/C14H12O2S/c1-10(15)17-8-2-3-11-4-5-12-6-7-14(16)13(12)9-11/h4-5,9H,6-8H2,1H3. The Kier molecular flexibility index (Phi) is 3.65. The summed E-state index contributed by atoms with van der Waals surface area (Å²) in [5.74, 6) is 6.61. The van der Waals surface area contributed by atoms with Crippen LogP contribution < -0.4 is 0 Å². The molecule has 0 unspecified atom stereocenters. The third-order valence-corrected chi connectivity index (χ3v) is 3.31. The van der Waals surface area contributed by atoms with Gasteiger partial charge in [-0.2, -0.15) is 0 Å². The Hall–Kier alpha value is -1.53. The summed E-state index contributed by atoms with van der Waals surface area (Å²) in [5.41, 5.74) is 2.79. The molecule has 0 spiro atoms. The highest BCUT2D eigenvalue weighted by atomic mass is 32.2. The van der Waals surface area contributed by atoms with Gasteiger partial charge >= 0.3 is 0 Å². The zero-order chi connectivity index (χ0) is 12.3. The molecule has 0 saturated carbocycles. The summed E-state index contributed by atoms with van der Waals surface area (Å²) in [7, 11) is 0. The molecular weight excluding hydrogens is 232 g/mol. The zero-order valence-corrected chi connectivity index (χ0v) is 10.4. The first-order valence-electron chi connectivity index (χ1n) is 5.45. The van der Waals surface area contributed by atoms with Gasteiger partial charge in [0.25, 0.3) is 0 Å². The van der Waals surface area contributed by atoms with Crippen molar-refractivity contribution >= 4 is 22.7 Å². The minimum Gasteiger partial charge on any atom is -0.294 e. The lowest BCUT2D eigenvalue weighted by atomic mass is 10.1. The number of hydrogen-bond acceptors (Lipinski definition) is 3. The summed E-state index contributed by atoms with van der Waals surface area (Å²) in [6.45, 7) is 1.53. The Morgan fingerprint density at radius 2 is 2.24 bits per heavy atom. The third-order valence-electron chi connectivity index (χ3n) is 2.61. The maximum absolute atomic E-state index is 11.5. The van der Waals surface area contributed by atoms with Crippen LogP contribution in [0.2, 0.25) is 0 Å². The van der Waals surface area contributed by atoms with Gasteiger partial charge in [-0.25, -0.2) is 0 Å². The average Bonchev–Trinajstić information content (AvgIpc) is 2.66. The number of rotatable bonds is 1. The molecule has 0 aromatic heterocycles. The van der Waals surface area contributed by atoms with E-state index in [0.717, 1.165) is 23.1 Å². The molecule has 1 aromatic carbocycles. The number of aryl methyl sites for hydroxylation is 1. The smallest absolute Gasteiger partial charge is 0.186 e. The quantitative estimate of drug-likeness (QED) is 0.712. The fourth-order valence-corrected chi connectivity index (χ4v) is 2.14. The fraction of sp³-hybridized carbons (Fsp3) is 0.286. The molecule has 0 amide bonds. The molecule has 0 bridgehead atoms. The second kappa shape index (κ2) is 5.20. The molecule has 0 radical (unpaired) electrons. The van der Waals surface area contributed by atoms with Crippen LogP contribution in [-0.4, -0.2) is 16.7 Å². The highest BCUT2D eigenvalue weighted by molar-refractivity contribution is 8.13. The van der Waals surface area contributed by atoms with Crippen LogP contribution in [0, 0.1) is 11.8 Å². The van der Waals surface area contributed by atoms with Crippen molar-refractivity contribution in [1.82, 2.24) is 0 Å². The molecule has 0 atom stereocenters. The molecule has 2 nitrogen and oxygen atoms in total. The van der Waals surface area contributed by atoms with Crippen molar-refractivity contribution in [3.05, 3.63) is 34.9 Å². The van der Waals surface area contributed by atoms with E-state index in [-0.39, 0.29) is 10.9 Å². The predicted molar refractivity (Wildman–Crippen MR) is 69.1 cm³/mol. The van der Waals surface area contributed by atoms with Crippen molar-refractivity contribution in [3.8, 4) is 11.8 Å². The number of Topliss-reactive ketones (excluding diaryl/α,β-unsaturated/α-hetero) is 1. The van der Waals surface area contributed by atoms with E-state index in [9.17, 15) is 9.59 Å². The summed E-state index contributed by atoms with van der Waals surface area (Å²) < 4.78 is 0. The molecule has 17 heavy (non-hydrogen) atoms. The van der Waals surface area contributed by atoms with Gasteiger partial charge in [-0.05, 0) is 24.1 Å². The number of ketones is 1. The highest BCUT2D eigenvalue weighted by Crippen LogP contribution is 2.22. The predicted octanol–water partition coefficient (Wildman–Crippen LogP) is 2.45. The number of benzene rings is 1. The zero-order valence-electron chi connectivity index (χ0n) is 9.58. The molecule has 3 heteroatoms. The largest absolute Gasteiger partial charge is 0.294 e. The molecule has 1 aliphatic carbocycles. The molecule has 2 rings (SSSR count). The first-order valence-corrected chi connectivity index (χ1v) is 6.44. The van der Waals surface area contributed by atoms with Crippen LogP contribution in [0.4, 0.5) is 0 Å². The lowest BCUT2D eigenvalue weighted by Crippen LogP contribution is -1.91. The van der Waals surface area contributed by atoms with Crippen LogP contribution in [0.15, 0.2) is 18.2 Å². The van der Waals surface area contributed by atoms with Crippen LogP contribution >= 0.6 is 11.8 Å². The number of carbonyl (C=O) groups is 2. The van der Waals surface area contributed by atoms with Crippen molar-refractivity contribution in [2.45, 2.75) is 19.8 Å². The second-order valence-electron chi connectivity index (χ2n) is 3.88. The Bertz CT molecular complexity index is 535. The van der Waals surface area contributed by atoms with E-state index in [2.05, 4.69) is 11.8 Å². The van der Waals surface area contributed by atoms with Gasteiger partial charge in [-0.3, -0.25) is 9.59 Å². The van der Waals surface area contributed by atoms with E-state index < -0.39 is 0 Å². The lowest BCUT2D eigenvalue weighted by Gasteiger charge is -1.97. The van der Waals surface area contributed by atoms with Gasteiger partial charge in [0.1, 0.15) is 0 Å². The first-order chi connectivity index (χ1) is 8.16. The number of fused-ring (bicyclic) bond motifs is 1. The monoisotopic (exact) mass is 244 g/mol. The lowest BCUT2D eigenvalue weighted by molar-refractivity contribution is -0.109. The molecule has 1 aliphatic rings. The van der Waals surface area contributed by atoms with Gasteiger partial charge in [-0.15, -0.1) is 0 Å². The van der Waals surface area contributed by atoms with Gasteiger partial charge < -0.3 is 0 Å². The third kappa shape index (κ3) is 2.98. The Balaban J connectivity index is 2.10. The van der Waals surface area contributed by atoms with Crippen molar-refractivity contribution in [2.75, 3.05) is 5.75 Å². The van der Waals surface area contributed by atoms with Crippen LogP contribution in [0.1, 0.15) is 34.8 Å². The van der Waals surface area contributed by atoms with Crippen molar-refractivity contribution in [2.24, 2.45) is 0 Å². The Morgan fingerprint density at radius 1 is 1.41 bits per heavy atom. The van der Waals surface area contributed by atoms with Gasteiger partial charge in [-0.1, -0.05) is 29.7 Å². The molecule has 0 N–H and O–H groups in total. The van der Waals surface area contributed by atoms with Gasteiger partial charge in [0, 0.05) is 24.5 Å². The number of hydrogen-bond donors (Lipinski definition) is 0. The van der Waals surface area contributed by atoms with Crippen LogP contribution in [0.5, 0.6) is 0 Å². The maximum Gasteiger partial charge on any atom is 0.186 e. The highest BCUT2D eigenvalue weighted by Gasteiger charge is 2.18. The van der Waals surface area contributed by atoms with Crippen molar-refractivity contribution in [3.63, 3.8) is 0 Å². The first kappa shape index (κ1) is 11.9. The van der Waals surface area contributed by atoms with Gasteiger partial charge in [0.2, 0.25) is 0 Å². The molecular formula is C14H12O2S. The van der Waals surface area contributed by atoms with E-state index >= 15 is 0 Å². The second-order valence-corrected chi connectivity index (χ2v) is 5.03. The van der Waals surface area contributed by atoms with Crippen LogP contribution in [0.25, 0.3) is 0 Å². The summed E-state index contributed by atoms with van der Waals surface area (Å²) >= 11 is 1.20. The molecule has 0 saturated heterocycles. The molecule has 86 valence electrons. The summed E-state index contributed by atoms with van der Waals surface area (Å²) in [6.07, 6.45) is 1.47. The molecule has 0 heterocycles. The van der Waals surface area contributed by atoms with Gasteiger partial charge in [0.05, 0.1) is 5.75 Å². The van der Waals surface area contributed by atoms with Crippen molar-refractivity contribution < 1.29 is 9.59 Å². The van der Waals surface area contributed by atoms with Crippen LogP contribution in [-0.2, 0) is 11.2 Å². The topological polar surface area (TPSA) is 34.1 Å². The van der Waals surface area contributed by atoms with Gasteiger partial charge in [0.15, 0.2) is 10.9 Å². The van der Waals surface area contributed by atoms with E-state index in [1.165, 1.54) is 18.7 Å². The Morgan fingerprint density at radius 3 is 3.00 bits per heavy atom. The minimum atomic E-state index is 0.0726. The number of thioether (sulfide) groups is 1. The minimum absolute atomic E-state index is 0.0726. The fourth-order valence-electron chi connectivity index (χ4n) is 1.79. The summed E-state index contributed by atoms with van der Waals surface area (Å²) in [6, 6.07) is 5.77. The summed E-state index contributed by atoms with van der Waals surface area (Å²) in [4.78, 5) is 22.2. The van der Waals surface area contributed by atoms with E-state index in [0.29, 0.717) is 12.2 Å². The van der Waals surface area contributed by atoms with E-state index in [1.54, 1.807) is 0 Å². The Labute approximate surface area is 105 Å². The van der Waals surface area contributed by atoms with E-state index in [4.69, 9.17) is 0 Å². The molecule has 0 fully saturated rings. The van der Waals surface area contributed by atoms with Crippen molar-refractivity contribution in [1.29, 1.82) is 0 Å². The molecule has 1 aromatic rings. The maximum atomic E-state index is 11.5. The average molecular weight is 244 g/mol. The molecule has 0 aliphatic heterocycles. The number of carbonyl (C=O) groups excluding carboxylic acids is 2. The SMILES string of the molecule is CC(=O)SCC#Cc1ccc2c(c1)C(=O)CC2. The summed E-state index contributed by atoms with van der Waals surface area (Å²) in [5, 5.41) is 0.0726.